The lowest BCUT2D eigenvalue weighted by Gasteiger charge is -2.03. The fourth-order valence-corrected chi connectivity index (χ4v) is 4.44. The van der Waals surface area contributed by atoms with Gasteiger partial charge in [0.2, 0.25) is 0 Å². The Kier molecular flexibility index (Phi) is 15.3. The van der Waals surface area contributed by atoms with Gasteiger partial charge >= 0.3 is 5.97 Å². The van der Waals surface area contributed by atoms with Crippen LogP contribution in [0.2, 0.25) is 0 Å². The summed E-state index contributed by atoms with van der Waals surface area (Å²) < 4.78 is 4.99. The van der Waals surface area contributed by atoms with Crippen LogP contribution in [-0.2, 0) is 9.53 Å². The number of esters is 1. The molecule has 0 aromatic rings. The zero-order valence-corrected chi connectivity index (χ0v) is 13.1. The second-order valence-corrected chi connectivity index (χ2v) is 8.19. The van der Waals surface area contributed by atoms with Crippen LogP contribution in [0, 0.1) is 0 Å². The minimum absolute atomic E-state index is 0.115. The third kappa shape index (κ3) is 13.2. The van der Waals surface area contributed by atoms with Crippen LogP contribution in [-0.4, -0.2) is 50.2 Å². The van der Waals surface area contributed by atoms with E-state index in [-0.39, 0.29) is 11.9 Å². The lowest BCUT2D eigenvalue weighted by atomic mass is 10.8. The van der Waals surface area contributed by atoms with E-state index in [1.165, 1.54) is 23.5 Å². The highest BCUT2D eigenvalue weighted by Gasteiger charge is 2.02. The van der Waals surface area contributed by atoms with E-state index in [1.807, 2.05) is 11.8 Å². The standard InChI is InChI=1S/C8H16O3S5/c1-12-5-16-6-13-2-8(10)11-4-15-7-14-3-9/h9H,2-7H2,1H3. The van der Waals surface area contributed by atoms with Gasteiger partial charge in [-0.15, -0.1) is 47.0 Å². The van der Waals surface area contributed by atoms with E-state index in [2.05, 4.69) is 6.26 Å². The molecule has 0 atom stereocenters. The van der Waals surface area contributed by atoms with E-state index < -0.39 is 0 Å². The monoisotopic (exact) mass is 320 g/mol. The highest BCUT2D eigenvalue weighted by molar-refractivity contribution is 8.22. The molecule has 0 aromatic carbocycles. The van der Waals surface area contributed by atoms with Crippen molar-refractivity contribution in [1.82, 2.24) is 0 Å². The Labute approximate surface area is 118 Å². The van der Waals surface area contributed by atoms with Gasteiger partial charge in [-0.3, -0.25) is 4.79 Å². The molecule has 0 aliphatic rings. The fourth-order valence-electron chi connectivity index (χ4n) is 0.581. The smallest absolute Gasteiger partial charge is 0.316 e. The molecule has 0 heterocycles. The van der Waals surface area contributed by atoms with Gasteiger partial charge in [0, 0.05) is 15.3 Å². The summed E-state index contributed by atoms with van der Waals surface area (Å²) in [5, 5.41) is 11.2. The van der Waals surface area contributed by atoms with Gasteiger partial charge in [-0.05, 0) is 6.26 Å². The van der Waals surface area contributed by atoms with Crippen LogP contribution in [0.5, 0.6) is 0 Å². The Morgan fingerprint density at radius 1 is 1.12 bits per heavy atom. The van der Waals surface area contributed by atoms with Crippen LogP contribution in [0.15, 0.2) is 0 Å². The largest absolute Gasteiger partial charge is 0.454 e. The predicted octanol–water partition coefficient (Wildman–Crippen LogP) is 2.61. The molecule has 0 aliphatic heterocycles. The molecular formula is C8H16O3S5. The van der Waals surface area contributed by atoms with E-state index >= 15 is 0 Å². The summed E-state index contributed by atoms with van der Waals surface area (Å²) in [6.45, 7) is 0. The third-order valence-electron chi connectivity index (χ3n) is 1.15. The predicted molar refractivity (Wildman–Crippen MR) is 81.4 cm³/mol. The number of rotatable bonds is 11. The summed E-state index contributed by atoms with van der Waals surface area (Å²) >= 11 is 8.09. The number of carbonyl (C=O) groups is 1. The summed E-state index contributed by atoms with van der Waals surface area (Å²) in [5.74, 6) is 0.763. The van der Waals surface area contributed by atoms with Gasteiger partial charge < -0.3 is 9.84 Å². The summed E-state index contributed by atoms with van der Waals surface area (Å²) in [5.41, 5.74) is 0. The van der Waals surface area contributed by atoms with E-state index in [0.717, 1.165) is 15.3 Å². The van der Waals surface area contributed by atoms with Crippen molar-refractivity contribution in [3.63, 3.8) is 0 Å². The topological polar surface area (TPSA) is 46.5 Å². The highest BCUT2D eigenvalue weighted by Crippen LogP contribution is 2.16. The Bertz CT molecular complexity index is 154. The van der Waals surface area contributed by atoms with Gasteiger partial charge in [0.05, 0.1) is 11.7 Å². The summed E-state index contributed by atoms with van der Waals surface area (Å²) in [7, 11) is 0. The summed E-state index contributed by atoms with van der Waals surface area (Å²) in [6, 6.07) is 0. The van der Waals surface area contributed by atoms with Crippen molar-refractivity contribution in [2.45, 2.75) is 0 Å². The van der Waals surface area contributed by atoms with E-state index in [9.17, 15) is 4.79 Å². The van der Waals surface area contributed by atoms with Crippen molar-refractivity contribution in [3.8, 4) is 0 Å². The fraction of sp³-hybridized carbons (Fsp3) is 0.875. The van der Waals surface area contributed by atoms with Crippen LogP contribution in [0.25, 0.3) is 0 Å². The molecule has 0 fully saturated rings. The average molecular weight is 321 g/mol. The third-order valence-corrected chi connectivity index (χ3v) is 6.33. The normalized spacial score (nSPS) is 10.4. The van der Waals surface area contributed by atoms with Crippen LogP contribution in [0.1, 0.15) is 0 Å². The number of aliphatic hydroxyl groups is 1. The summed E-state index contributed by atoms with van der Waals surface area (Å²) in [4.78, 5) is 11.2. The molecule has 0 aromatic heterocycles. The second-order valence-electron chi connectivity index (χ2n) is 2.37. The number of thioether (sulfide) groups is 5. The molecular weight excluding hydrogens is 304 g/mol. The van der Waals surface area contributed by atoms with Crippen molar-refractivity contribution in [2.24, 2.45) is 0 Å². The van der Waals surface area contributed by atoms with E-state index in [0.29, 0.717) is 11.7 Å². The van der Waals surface area contributed by atoms with Gasteiger partial charge in [-0.25, -0.2) is 0 Å². The van der Waals surface area contributed by atoms with Gasteiger partial charge in [-0.1, -0.05) is 0 Å². The van der Waals surface area contributed by atoms with Crippen LogP contribution in [0.4, 0.5) is 0 Å². The zero-order valence-electron chi connectivity index (χ0n) is 9.05. The molecule has 0 radical (unpaired) electrons. The van der Waals surface area contributed by atoms with E-state index in [4.69, 9.17) is 9.84 Å². The number of carbonyl (C=O) groups excluding carboxylic acids is 1. The summed E-state index contributed by atoms with van der Waals surface area (Å²) in [6.07, 6.45) is 2.06. The van der Waals surface area contributed by atoms with Gasteiger partial charge in [-0.2, -0.15) is 11.8 Å². The van der Waals surface area contributed by atoms with Crippen molar-refractivity contribution in [2.75, 3.05) is 39.1 Å². The molecule has 0 aliphatic carbocycles. The molecule has 0 saturated heterocycles. The Morgan fingerprint density at radius 3 is 2.56 bits per heavy atom. The molecule has 3 nitrogen and oxygen atoms in total. The van der Waals surface area contributed by atoms with Crippen LogP contribution in [0.3, 0.4) is 0 Å². The van der Waals surface area contributed by atoms with Crippen molar-refractivity contribution in [3.05, 3.63) is 0 Å². The first-order chi connectivity index (χ1) is 7.81. The lowest BCUT2D eigenvalue weighted by molar-refractivity contribution is -0.138. The van der Waals surface area contributed by atoms with Crippen molar-refractivity contribution >= 4 is 64.8 Å². The Hall–Kier alpha value is 1.18. The minimum Gasteiger partial charge on any atom is -0.454 e. The maximum absolute atomic E-state index is 11.2. The van der Waals surface area contributed by atoms with Gasteiger partial charge in [0.1, 0.15) is 5.94 Å². The van der Waals surface area contributed by atoms with Gasteiger partial charge in [0.25, 0.3) is 0 Å². The second kappa shape index (κ2) is 14.2. The first-order valence-electron chi connectivity index (χ1n) is 4.37. The molecule has 0 bridgehead atoms. The quantitative estimate of drug-likeness (QED) is 0.354. The Morgan fingerprint density at radius 2 is 1.88 bits per heavy atom. The highest BCUT2D eigenvalue weighted by atomic mass is 32.2. The number of hydrogen-bond acceptors (Lipinski definition) is 8. The first kappa shape index (κ1) is 17.2. The molecule has 0 amide bonds. The minimum atomic E-state index is -0.156. The molecule has 0 rings (SSSR count). The molecule has 0 spiro atoms. The Balaban J connectivity index is 3.12. The maximum Gasteiger partial charge on any atom is 0.316 e. The molecule has 0 saturated carbocycles. The average Bonchev–Trinajstić information content (AvgIpc) is 2.28. The SMILES string of the molecule is CSCSCSCC(=O)OCSCSCO. The molecule has 0 unspecified atom stereocenters. The first-order valence-corrected chi connectivity index (χ1v) is 10.4. The van der Waals surface area contributed by atoms with E-state index in [1.54, 1.807) is 23.5 Å². The van der Waals surface area contributed by atoms with Crippen LogP contribution >= 0.6 is 58.8 Å². The molecule has 96 valence electrons. The number of hydrogen-bond donors (Lipinski definition) is 1. The van der Waals surface area contributed by atoms with Crippen molar-refractivity contribution in [1.29, 1.82) is 0 Å². The van der Waals surface area contributed by atoms with Crippen molar-refractivity contribution < 1.29 is 14.6 Å². The van der Waals surface area contributed by atoms with Crippen LogP contribution < -0.4 is 0 Å². The van der Waals surface area contributed by atoms with Gasteiger partial charge in [0.15, 0.2) is 0 Å². The number of aliphatic hydroxyl groups excluding tert-OH is 1. The molecule has 1 N–H and O–H groups in total. The molecule has 8 heteroatoms. The zero-order chi connectivity index (χ0) is 12.1. The maximum atomic E-state index is 11.2. The number of ether oxygens (including phenoxy) is 1. The lowest BCUT2D eigenvalue weighted by Crippen LogP contribution is -2.07. The molecule has 16 heavy (non-hydrogen) atoms.